The molecule has 1 aliphatic rings. The minimum absolute atomic E-state index is 0.0755. The van der Waals surface area contributed by atoms with Gasteiger partial charge in [-0.3, -0.25) is 4.72 Å². The number of hydrogen-bond donors (Lipinski definition) is 1. The van der Waals surface area contributed by atoms with Crippen LogP contribution in [0.25, 0.3) is 0 Å². The topological polar surface area (TPSA) is 131 Å². The van der Waals surface area contributed by atoms with Crippen LogP contribution in [0, 0.1) is 0 Å². The van der Waals surface area contributed by atoms with Crippen LogP contribution in [-0.2, 0) is 19.5 Å². The van der Waals surface area contributed by atoms with Crippen LogP contribution >= 0.6 is 0 Å². The highest BCUT2D eigenvalue weighted by Gasteiger charge is 2.28. The molecule has 0 aromatic carbocycles. The largest absolute Gasteiger partial charge is 0.462 e. The number of esters is 1. The molecule has 29 heavy (non-hydrogen) atoms. The number of hydrogen-bond acceptors (Lipinski definition) is 9. The lowest BCUT2D eigenvalue weighted by Crippen LogP contribution is -2.50. The van der Waals surface area contributed by atoms with Crippen LogP contribution in [0.4, 0.5) is 16.6 Å². The Labute approximate surface area is 170 Å². The molecule has 0 radical (unpaired) electrons. The van der Waals surface area contributed by atoms with Crippen LogP contribution in [0.2, 0.25) is 0 Å². The summed E-state index contributed by atoms with van der Waals surface area (Å²) in [7, 11) is -3.67. The van der Waals surface area contributed by atoms with Crippen LogP contribution in [0.15, 0.2) is 6.20 Å². The van der Waals surface area contributed by atoms with Gasteiger partial charge in [0.25, 0.3) is 0 Å². The first kappa shape index (κ1) is 22.7. The van der Waals surface area contributed by atoms with Crippen molar-refractivity contribution in [2.24, 2.45) is 0 Å². The van der Waals surface area contributed by atoms with Crippen molar-refractivity contribution in [1.82, 2.24) is 14.9 Å². The molecule has 2 heterocycles. The molecule has 0 spiro atoms. The Kier molecular flexibility index (Phi) is 6.88. The summed E-state index contributed by atoms with van der Waals surface area (Å²) in [5, 5.41) is 0. The summed E-state index contributed by atoms with van der Waals surface area (Å²) in [4.78, 5) is 36.0. The minimum atomic E-state index is -3.67. The van der Waals surface area contributed by atoms with Gasteiger partial charge in [-0.2, -0.15) is 4.98 Å². The first-order valence-electron chi connectivity index (χ1n) is 9.14. The van der Waals surface area contributed by atoms with E-state index in [2.05, 4.69) is 14.7 Å². The molecule has 1 amide bonds. The number of nitrogens with one attached hydrogen (secondary N) is 1. The van der Waals surface area contributed by atoms with Gasteiger partial charge in [0.15, 0.2) is 5.82 Å². The average Bonchev–Trinajstić information content (AvgIpc) is 2.59. The van der Waals surface area contributed by atoms with E-state index in [1.807, 2.05) is 0 Å². The molecule has 0 bridgehead atoms. The Morgan fingerprint density at radius 3 is 2.34 bits per heavy atom. The predicted molar refractivity (Wildman–Crippen MR) is 106 cm³/mol. The Morgan fingerprint density at radius 1 is 1.21 bits per heavy atom. The van der Waals surface area contributed by atoms with Crippen molar-refractivity contribution >= 4 is 33.9 Å². The molecule has 1 aromatic heterocycles. The number of amides is 1. The van der Waals surface area contributed by atoms with Gasteiger partial charge in [0.05, 0.1) is 12.9 Å². The van der Waals surface area contributed by atoms with E-state index in [4.69, 9.17) is 9.47 Å². The van der Waals surface area contributed by atoms with Crippen molar-refractivity contribution < 1.29 is 27.5 Å². The number of sulfonamides is 1. The highest BCUT2D eigenvalue weighted by Crippen LogP contribution is 2.20. The molecule has 1 aliphatic heterocycles. The third-order valence-corrected chi connectivity index (χ3v) is 4.33. The summed E-state index contributed by atoms with van der Waals surface area (Å²) in [6.45, 7) is 8.82. The van der Waals surface area contributed by atoms with E-state index >= 15 is 0 Å². The molecule has 12 heteroatoms. The van der Waals surface area contributed by atoms with Crippen LogP contribution < -0.4 is 9.62 Å². The number of aromatic nitrogens is 2. The lowest BCUT2D eigenvalue weighted by atomic mass is 10.2. The Morgan fingerprint density at radius 2 is 1.83 bits per heavy atom. The zero-order valence-electron chi connectivity index (χ0n) is 17.3. The Balaban J connectivity index is 2.16. The minimum Gasteiger partial charge on any atom is -0.462 e. The number of nitrogens with zero attached hydrogens (tertiary/aromatic N) is 4. The summed E-state index contributed by atoms with van der Waals surface area (Å²) in [5.41, 5.74) is -0.652. The van der Waals surface area contributed by atoms with E-state index in [-0.39, 0.29) is 23.9 Å². The third kappa shape index (κ3) is 6.73. The molecule has 1 N–H and O–H groups in total. The first-order valence-corrected chi connectivity index (χ1v) is 11.0. The molecule has 0 aliphatic carbocycles. The van der Waals surface area contributed by atoms with Crippen LogP contribution in [-0.4, -0.2) is 80.0 Å². The predicted octanol–water partition coefficient (Wildman–Crippen LogP) is 1.08. The summed E-state index contributed by atoms with van der Waals surface area (Å²) in [6, 6.07) is 0. The second-order valence-electron chi connectivity index (χ2n) is 7.48. The number of anilines is 2. The van der Waals surface area contributed by atoms with Crippen molar-refractivity contribution in [1.29, 1.82) is 0 Å². The smallest absolute Gasteiger partial charge is 0.410 e. The molecule has 0 unspecified atom stereocenters. The summed E-state index contributed by atoms with van der Waals surface area (Å²) < 4.78 is 35.8. The molecule has 1 fully saturated rings. The SMILES string of the molecule is CCOC(=O)c1cnc(N2CCN(C(=O)OC(C)(C)C)CC2)nc1NS(C)(=O)=O. The van der Waals surface area contributed by atoms with E-state index in [1.165, 1.54) is 6.20 Å². The molecular formula is C17H27N5O6S. The number of carbonyl (C=O) groups excluding carboxylic acids is 2. The molecule has 0 saturated carbocycles. The fourth-order valence-corrected chi connectivity index (χ4v) is 3.06. The molecule has 1 aromatic rings. The van der Waals surface area contributed by atoms with Crippen LogP contribution in [0.5, 0.6) is 0 Å². The normalized spacial score (nSPS) is 15.1. The van der Waals surface area contributed by atoms with E-state index < -0.39 is 27.7 Å². The third-order valence-electron chi connectivity index (χ3n) is 3.77. The fraction of sp³-hybridized carbons (Fsp3) is 0.647. The average molecular weight is 429 g/mol. The molecule has 11 nitrogen and oxygen atoms in total. The van der Waals surface area contributed by atoms with E-state index in [0.717, 1.165) is 6.26 Å². The maximum atomic E-state index is 12.2. The van der Waals surface area contributed by atoms with Gasteiger partial charge in [0, 0.05) is 32.4 Å². The van der Waals surface area contributed by atoms with Crippen LogP contribution in [0.3, 0.4) is 0 Å². The highest BCUT2D eigenvalue weighted by atomic mass is 32.2. The van der Waals surface area contributed by atoms with E-state index in [9.17, 15) is 18.0 Å². The van der Waals surface area contributed by atoms with Crippen molar-refractivity contribution in [3.8, 4) is 0 Å². The van der Waals surface area contributed by atoms with Crippen molar-refractivity contribution in [2.45, 2.75) is 33.3 Å². The van der Waals surface area contributed by atoms with E-state index in [0.29, 0.717) is 26.2 Å². The quantitative estimate of drug-likeness (QED) is 0.683. The summed E-state index contributed by atoms with van der Waals surface area (Å²) in [6.07, 6.45) is 1.80. The summed E-state index contributed by atoms with van der Waals surface area (Å²) >= 11 is 0. The van der Waals surface area contributed by atoms with Crippen molar-refractivity contribution in [3.05, 3.63) is 11.8 Å². The van der Waals surface area contributed by atoms with Gasteiger partial charge in [0.2, 0.25) is 16.0 Å². The number of piperazine rings is 1. The van der Waals surface area contributed by atoms with Gasteiger partial charge in [-0.25, -0.2) is 23.0 Å². The number of rotatable bonds is 5. The van der Waals surface area contributed by atoms with Gasteiger partial charge in [-0.1, -0.05) is 0 Å². The van der Waals surface area contributed by atoms with Crippen molar-refractivity contribution in [2.75, 3.05) is 48.7 Å². The van der Waals surface area contributed by atoms with Gasteiger partial charge >= 0.3 is 12.1 Å². The molecular weight excluding hydrogens is 402 g/mol. The van der Waals surface area contributed by atoms with Crippen molar-refractivity contribution in [3.63, 3.8) is 0 Å². The molecule has 2 rings (SSSR count). The van der Waals surface area contributed by atoms with Crippen LogP contribution in [0.1, 0.15) is 38.1 Å². The fourth-order valence-electron chi connectivity index (χ4n) is 2.55. The second-order valence-corrected chi connectivity index (χ2v) is 9.23. The van der Waals surface area contributed by atoms with Gasteiger partial charge in [-0.15, -0.1) is 0 Å². The molecule has 162 valence electrons. The lowest BCUT2D eigenvalue weighted by Gasteiger charge is -2.35. The molecule has 1 saturated heterocycles. The Bertz CT molecular complexity index is 860. The monoisotopic (exact) mass is 429 g/mol. The maximum Gasteiger partial charge on any atom is 0.410 e. The zero-order chi connectivity index (χ0) is 21.8. The first-order chi connectivity index (χ1) is 13.4. The summed E-state index contributed by atoms with van der Waals surface area (Å²) in [5.74, 6) is -0.626. The molecule has 0 atom stereocenters. The van der Waals surface area contributed by atoms with Gasteiger partial charge in [0.1, 0.15) is 11.2 Å². The van der Waals surface area contributed by atoms with E-state index in [1.54, 1.807) is 37.5 Å². The highest BCUT2D eigenvalue weighted by molar-refractivity contribution is 7.92. The number of carbonyl (C=O) groups is 2. The standard InChI is InChI=1S/C17H27N5O6S/c1-6-27-14(23)12-11-18-15(19-13(12)20-29(5,25)26)21-7-9-22(10-8-21)16(24)28-17(2,3)4/h11H,6-10H2,1-5H3,(H,18,19,20). The van der Waals surface area contributed by atoms with Gasteiger partial charge in [-0.05, 0) is 27.7 Å². The zero-order valence-corrected chi connectivity index (χ0v) is 18.1. The lowest BCUT2D eigenvalue weighted by molar-refractivity contribution is 0.0239. The Hall–Kier alpha value is -2.63. The maximum absolute atomic E-state index is 12.2. The second kappa shape index (κ2) is 8.80. The number of ether oxygens (including phenoxy) is 2. The van der Waals surface area contributed by atoms with Gasteiger partial charge < -0.3 is 19.3 Å².